The average molecular weight is 310 g/mol. The van der Waals surface area contributed by atoms with Crippen molar-refractivity contribution in [3.8, 4) is 0 Å². The molecule has 1 aliphatic rings. The number of carbonyl (C=O) groups is 1. The highest BCUT2D eigenvalue weighted by atomic mass is 35.5. The van der Waals surface area contributed by atoms with E-state index in [-0.39, 0.29) is 5.91 Å². The molecule has 0 unspecified atom stereocenters. The van der Waals surface area contributed by atoms with Gasteiger partial charge < -0.3 is 16.0 Å². The van der Waals surface area contributed by atoms with E-state index in [0.29, 0.717) is 22.8 Å². The van der Waals surface area contributed by atoms with Gasteiger partial charge in [0.1, 0.15) is 0 Å². The van der Waals surface area contributed by atoms with E-state index in [2.05, 4.69) is 17.1 Å². The lowest BCUT2D eigenvalue weighted by molar-refractivity contribution is 0.0951. The summed E-state index contributed by atoms with van der Waals surface area (Å²) in [7, 11) is 0. The van der Waals surface area contributed by atoms with Crippen molar-refractivity contribution in [2.45, 2.75) is 26.2 Å². The van der Waals surface area contributed by atoms with E-state index in [4.69, 9.17) is 17.3 Å². The Morgan fingerprint density at radius 1 is 1.43 bits per heavy atom. The lowest BCUT2D eigenvalue weighted by Crippen LogP contribution is -2.35. The van der Waals surface area contributed by atoms with Crippen LogP contribution in [-0.4, -0.2) is 37.0 Å². The van der Waals surface area contributed by atoms with Gasteiger partial charge in [0.25, 0.3) is 5.91 Å². The molecule has 0 radical (unpaired) electrons. The Morgan fingerprint density at radius 2 is 2.14 bits per heavy atom. The number of nitrogen functional groups attached to an aromatic ring is 1. The number of nitrogens with zero attached hydrogens (tertiary/aromatic N) is 1. The molecule has 116 valence electrons. The first-order valence-corrected chi connectivity index (χ1v) is 7.99. The molecular weight excluding hydrogens is 286 g/mol. The SMILES string of the molecule is CC1CCN(CCCNC(=O)c2cc(N)ccc2Cl)CC1. The standard InChI is InChI=1S/C16H24ClN3O/c1-12-5-9-20(10-6-12)8-2-7-19-16(21)14-11-13(18)3-4-15(14)17/h3-4,11-12H,2,5-10,18H2,1H3,(H,19,21). The molecule has 4 nitrogen and oxygen atoms in total. The van der Waals surface area contributed by atoms with Crippen LogP contribution in [0.2, 0.25) is 5.02 Å². The van der Waals surface area contributed by atoms with Gasteiger partial charge in [-0.15, -0.1) is 0 Å². The van der Waals surface area contributed by atoms with Gasteiger partial charge in [0.15, 0.2) is 0 Å². The molecule has 1 aromatic rings. The molecule has 0 spiro atoms. The van der Waals surface area contributed by atoms with Crippen LogP contribution in [0.15, 0.2) is 18.2 Å². The number of hydrogen-bond acceptors (Lipinski definition) is 3. The first kappa shape index (κ1) is 16.1. The molecule has 5 heteroatoms. The number of piperidine rings is 1. The van der Waals surface area contributed by atoms with Crippen LogP contribution in [-0.2, 0) is 0 Å². The minimum Gasteiger partial charge on any atom is -0.399 e. The molecule has 2 rings (SSSR count). The summed E-state index contributed by atoms with van der Waals surface area (Å²) >= 11 is 6.01. The summed E-state index contributed by atoms with van der Waals surface area (Å²) in [6, 6.07) is 4.96. The zero-order valence-corrected chi connectivity index (χ0v) is 13.3. The Bertz CT molecular complexity index is 484. The maximum absolute atomic E-state index is 12.0. The third-order valence-corrected chi connectivity index (χ3v) is 4.38. The summed E-state index contributed by atoms with van der Waals surface area (Å²) in [5.41, 5.74) is 6.68. The smallest absolute Gasteiger partial charge is 0.252 e. The largest absolute Gasteiger partial charge is 0.399 e. The van der Waals surface area contributed by atoms with Gasteiger partial charge in [-0.2, -0.15) is 0 Å². The van der Waals surface area contributed by atoms with Crippen molar-refractivity contribution < 1.29 is 4.79 Å². The molecule has 0 atom stereocenters. The van der Waals surface area contributed by atoms with E-state index in [1.165, 1.54) is 25.9 Å². The van der Waals surface area contributed by atoms with Crippen molar-refractivity contribution in [2.24, 2.45) is 5.92 Å². The number of rotatable bonds is 5. The van der Waals surface area contributed by atoms with E-state index in [0.717, 1.165) is 18.9 Å². The van der Waals surface area contributed by atoms with Crippen LogP contribution in [0, 0.1) is 5.92 Å². The molecule has 1 saturated heterocycles. The molecule has 0 saturated carbocycles. The number of halogens is 1. The molecule has 0 bridgehead atoms. The summed E-state index contributed by atoms with van der Waals surface area (Å²) in [5, 5.41) is 3.35. The fraction of sp³-hybridized carbons (Fsp3) is 0.562. The summed E-state index contributed by atoms with van der Waals surface area (Å²) in [4.78, 5) is 14.5. The van der Waals surface area contributed by atoms with Gasteiger partial charge in [0, 0.05) is 12.2 Å². The van der Waals surface area contributed by atoms with Crippen LogP contribution >= 0.6 is 11.6 Å². The Kier molecular flexibility index (Phi) is 5.88. The Labute approximate surface area is 131 Å². The molecule has 0 aromatic heterocycles. The fourth-order valence-corrected chi connectivity index (χ4v) is 2.81. The number of amides is 1. The molecule has 21 heavy (non-hydrogen) atoms. The highest BCUT2D eigenvalue weighted by Gasteiger charge is 2.15. The number of benzene rings is 1. The van der Waals surface area contributed by atoms with Gasteiger partial charge in [-0.25, -0.2) is 0 Å². The van der Waals surface area contributed by atoms with Gasteiger partial charge in [-0.1, -0.05) is 18.5 Å². The predicted octanol–water partition coefficient (Wildman–Crippen LogP) is 2.77. The predicted molar refractivity (Wildman–Crippen MR) is 87.7 cm³/mol. The van der Waals surface area contributed by atoms with Crippen molar-refractivity contribution in [2.75, 3.05) is 31.9 Å². The number of nitrogens with one attached hydrogen (secondary N) is 1. The second kappa shape index (κ2) is 7.66. The molecule has 1 aliphatic heterocycles. The minimum absolute atomic E-state index is 0.153. The lowest BCUT2D eigenvalue weighted by atomic mass is 9.99. The highest BCUT2D eigenvalue weighted by molar-refractivity contribution is 6.34. The number of anilines is 1. The molecule has 1 amide bonds. The van der Waals surface area contributed by atoms with Crippen molar-refractivity contribution in [3.63, 3.8) is 0 Å². The Balaban J connectivity index is 1.71. The van der Waals surface area contributed by atoms with Crippen LogP contribution in [0.3, 0.4) is 0 Å². The number of hydrogen-bond donors (Lipinski definition) is 2. The monoisotopic (exact) mass is 309 g/mol. The molecule has 0 aliphatic carbocycles. The van der Waals surface area contributed by atoms with Gasteiger partial charge in [-0.05, 0) is 63.0 Å². The zero-order valence-electron chi connectivity index (χ0n) is 12.6. The first-order valence-electron chi connectivity index (χ1n) is 7.62. The second-order valence-electron chi connectivity index (χ2n) is 5.87. The van der Waals surface area contributed by atoms with E-state index < -0.39 is 0 Å². The molecule has 1 fully saturated rings. The Morgan fingerprint density at radius 3 is 2.86 bits per heavy atom. The number of carbonyl (C=O) groups excluding carboxylic acids is 1. The van der Waals surface area contributed by atoms with Crippen LogP contribution in [0.1, 0.15) is 36.5 Å². The molecule has 3 N–H and O–H groups in total. The third kappa shape index (κ3) is 4.90. The van der Waals surface area contributed by atoms with Gasteiger partial charge in [0.05, 0.1) is 10.6 Å². The maximum Gasteiger partial charge on any atom is 0.252 e. The van der Waals surface area contributed by atoms with E-state index >= 15 is 0 Å². The summed E-state index contributed by atoms with van der Waals surface area (Å²) in [5.74, 6) is 0.700. The highest BCUT2D eigenvalue weighted by Crippen LogP contribution is 2.19. The average Bonchev–Trinajstić information content (AvgIpc) is 2.47. The molecule has 1 heterocycles. The lowest BCUT2D eigenvalue weighted by Gasteiger charge is -2.30. The van der Waals surface area contributed by atoms with E-state index in [1.807, 2.05) is 0 Å². The van der Waals surface area contributed by atoms with E-state index in [9.17, 15) is 4.79 Å². The zero-order chi connectivity index (χ0) is 15.2. The maximum atomic E-state index is 12.0. The van der Waals surface area contributed by atoms with Crippen LogP contribution < -0.4 is 11.1 Å². The van der Waals surface area contributed by atoms with Crippen molar-refractivity contribution in [3.05, 3.63) is 28.8 Å². The Hall–Kier alpha value is -1.26. The normalized spacial score (nSPS) is 16.9. The van der Waals surface area contributed by atoms with Crippen molar-refractivity contribution in [1.29, 1.82) is 0 Å². The molecule has 1 aromatic carbocycles. The van der Waals surface area contributed by atoms with Crippen molar-refractivity contribution in [1.82, 2.24) is 10.2 Å². The topological polar surface area (TPSA) is 58.4 Å². The first-order chi connectivity index (χ1) is 10.1. The summed E-state index contributed by atoms with van der Waals surface area (Å²) < 4.78 is 0. The van der Waals surface area contributed by atoms with Gasteiger partial charge in [0.2, 0.25) is 0 Å². The van der Waals surface area contributed by atoms with Gasteiger partial charge >= 0.3 is 0 Å². The van der Waals surface area contributed by atoms with E-state index in [1.54, 1.807) is 18.2 Å². The van der Waals surface area contributed by atoms with Crippen molar-refractivity contribution >= 4 is 23.2 Å². The summed E-state index contributed by atoms with van der Waals surface area (Å²) in [6.45, 7) is 6.37. The molecular formula is C16H24ClN3O. The summed E-state index contributed by atoms with van der Waals surface area (Å²) in [6.07, 6.45) is 3.52. The minimum atomic E-state index is -0.153. The van der Waals surface area contributed by atoms with Crippen LogP contribution in [0.25, 0.3) is 0 Å². The number of nitrogens with two attached hydrogens (primary N) is 1. The second-order valence-corrected chi connectivity index (χ2v) is 6.28. The van der Waals surface area contributed by atoms with Gasteiger partial charge in [-0.3, -0.25) is 4.79 Å². The number of likely N-dealkylation sites (tertiary alicyclic amines) is 1. The third-order valence-electron chi connectivity index (χ3n) is 4.05. The van der Waals surface area contributed by atoms with Crippen LogP contribution in [0.4, 0.5) is 5.69 Å². The van der Waals surface area contributed by atoms with Crippen LogP contribution in [0.5, 0.6) is 0 Å². The quantitative estimate of drug-likeness (QED) is 0.649. The fourth-order valence-electron chi connectivity index (χ4n) is 2.60.